The van der Waals surface area contributed by atoms with E-state index in [4.69, 9.17) is 13.9 Å². The standard InChI is InChI=1S/C20H18O10/c21-9-3-1-8(2-4-9)13-5-10(22)15-14(29-13)6-11(23)19(17(15)26)30-20-18(27)16(25)12(24)7-28-20/h1-6,12,16,18,20-21,23-27H,7H2/t12-,16+,18?,20+/m1/s1. The molecule has 10 nitrogen and oxygen atoms in total. The lowest BCUT2D eigenvalue weighted by Crippen LogP contribution is -2.54. The Hall–Kier alpha value is -3.31. The lowest BCUT2D eigenvalue weighted by atomic mass is 10.1. The summed E-state index contributed by atoms with van der Waals surface area (Å²) in [7, 11) is 0. The van der Waals surface area contributed by atoms with Crippen molar-refractivity contribution in [3.05, 3.63) is 46.6 Å². The molecule has 0 aliphatic carbocycles. The average Bonchev–Trinajstić information content (AvgIpc) is 2.70. The summed E-state index contributed by atoms with van der Waals surface area (Å²) in [5, 5.41) is 59.1. The summed E-state index contributed by atoms with van der Waals surface area (Å²) >= 11 is 0. The highest BCUT2D eigenvalue weighted by molar-refractivity contribution is 5.89. The highest BCUT2D eigenvalue weighted by Gasteiger charge is 2.40. The van der Waals surface area contributed by atoms with Crippen LogP contribution in [0.1, 0.15) is 0 Å². The number of hydrogen-bond acceptors (Lipinski definition) is 10. The Balaban J connectivity index is 1.75. The number of phenols is 3. The van der Waals surface area contributed by atoms with E-state index in [9.17, 15) is 35.4 Å². The molecule has 0 bridgehead atoms. The number of aromatic hydroxyl groups is 3. The minimum Gasteiger partial charge on any atom is -0.508 e. The lowest BCUT2D eigenvalue weighted by molar-refractivity contribution is -0.242. The minimum atomic E-state index is -1.67. The molecule has 1 saturated heterocycles. The molecule has 1 aliphatic rings. The number of aliphatic hydroxyl groups is 3. The van der Waals surface area contributed by atoms with Crippen LogP contribution in [0.25, 0.3) is 22.3 Å². The molecule has 2 heterocycles. The first kappa shape index (κ1) is 20.0. The summed E-state index contributed by atoms with van der Waals surface area (Å²) in [5.74, 6) is -1.73. The van der Waals surface area contributed by atoms with Gasteiger partial charge in [0.25, 0.3) is 0 Å². The second-order valence-electron chi connectivity index (χ2n) is 6.84. The molecular formula is C20H18O10. The van der Waals surface area contributed by atoms with Crippen LogP contribution >= 0.6 is 0 Å². The summed E-state index contributed by atoms with van der Waals surface area (Å²) in [6.07, 6.45) is -6.08. The van der Waals surface area contributed by atoms with Gasteiger partial charge < -0.3 is 44.5 Å². The molecule has 6 N–H and O–H groups in total. The monoisotopic (exact) mass is 418 g/mol. The van der Waals surface area contributed by atoms with E-state index >= 15 is 0 Å². The van der Waals surface area contributed by atoms with Crippen LogP contribution in [0.15, 0.2) is 45.6 Å². The lowest BCUT2D eigenvalue weighted by Gasteiger charge is -2.35. The Morgan fingerprint density at radius 1 is 0.967 bits per heavy atom. The Kier molecular flexibility index (Phi) is 5.00. The van der Waals surface area contributed by atoms with E-state index in [0.717, 1.165) is 12.1 Å². The predicted octanol–water partition coefficient (Wildman–Crippen LogP) is 0.395. The maximum atomic E-state index is 12.6. The highest BCUT2D eigenvalue weighted by Crippen LogP contribution is 2.43. The smallest absolute Gasteiger partial charge is 0.229 e. The maximum absolute atomic E-state index is 12.6. The highest BCUT2D eigenvalue weighted by atomic mass is 16.7. The SMILES string of the molecule is O=c1cc(-c2ccc(O)cc2)oc2cc(O)c(O[C@@H]3OC[C@@H](O)[C@H](O)C3O)c(O)c12. The van der Waals surface area contributed by atoms with Gasteiger partial charge in [0.15, 0.2) is 16.9 Å². The van der Waals surface area contributed by atoms with E-state index in [0.29, 0.717) is 5.56 Å². The number of benzene rings is 2. The zero-order valence-corrected chi connectivity index (χ0v) is 15.3. The third-order valence-electron chi connectivity index (χ3n) is 4.77. The van der Waals surface area contributed by atoms with Crippen LogP contribution in [0, 0.1) is 0 Å². The minimum absolute atomic E-state index is 0.0312. The Morgan fingerprint density at radius 2 is 1.67 bits per heavy atom. The summed E-state index contributed by atoms with van der Waals surface area (Å²) < 4.78 is 16.0. The maximum Gasteiger partial charge on any atom is 0.229 e. The summed E-state index contributed by atoms with van der Waals surface area (Å²) in [4.78, 5) is 12.6. The normalized spacial score (nSPS) is 24.1. The van der Waals surface area contributed by atoms with Gasteiger partial charge in [0, 0.05) is 17.7 Å². The largest absolute Gasteiger partial charge is 0.508 e. The molecule has 0 spiro atoms. The molecule has 10 heteroatoms. The van der Waals surface area contributed by atoms with Crippen molar-refractivity contribution in [1.29, 1.82) is 0 Å². The van der Waals surface area contributed by atoms with Crippen LogP contribution in [0.3, 0.4) is 0 Å². The quantitative estimate of drug-likeness (QED) is 0.350. The number of rotatable bonds is 3. The molecule has 1 aromatic heterocycles. The molecule has 4 atom stereocenters. The molecule has 158 valence electrons. The average molecular weight is 418 g/mol. The molecule has 30 heavy (non-hydrogen) atoms. The second-order valence-corrected chi connectivity index (χ2v) is 6.84. The summed E-state index contributed by atoms with van der Waals surface area (Å²) in [6.45, 7) is -0.351. The van der Waals surface area contributed by atoms with Crippen LogP contribution < -0.4 is 10.2 Å². The summed E-state index contributed by atoms with van der Waals surface area (Å²) in [5.41, 5.74) is -0.284. The topological polar surface area (TPSA) is 170 Å². The van der Waals surface area contributed by atoms with Crippen molar-refractivity contribution in [1.82, 2.24) is 0 Å². The van der Waals surface area contributed by atoms with Crippen molar-refractivity contribution in [3.63, 3.8) is 0 Å². The molecule has 3 aromatic rings. The van der Waals surface area contributed by atoms with Gasteiger partial charge in [-0.25, -0.2) is 0 Å². The van der Waals surface area contributed by atoms with Gasteiger partial charge in [-0.2, -0.15) is 0 Å². The van der Waals surface area contributed by atoms with Gasteiger partial charge in [-0.1, -0.05) is 0 Å². The Bertz CT molecular complexity index is 1140. The van der Waals surface area contributed by atoms with Crippen molar-refractivity contribution in [3.8, 4) is 34.3 Å². The zero-order chi connectivity index (χ0) is 21.6. The third-order valence-corrected chi connectivity index (χ3v) is 4.77. The van der Waals surface area contributed by atoms with Crippen molar-refractivity contribution in [2.45, 2.75) is 24.6 Å². The number of phenolic OH excluding ortho intramolecular Hbond substituents is 3. The fourth-order valence-electron chi connectivity index (χ4n) is 3.15. The van der Waals surface area contributed by atoms with E-state index < -0.39 is 47.3 Å². The fraction of sp³-hybridized carbons (Fsp3) is 0.250. The van der Waals surface area contributed by atoms with E-state index in [1.54, 1.807) is 0 Å². The van der Waals surface area contributed by atoms with Gasteiger partial charge in [0.05, 0.1) is 6.61 Å². The van der Waals surface area contributed by atoms with Crippen molar-refractivity contribution >= 4 is 11.0 Å². The molecular weight excluding hydrogens is 400 g/mol. The van der Waals surface area contributed by atoms with Gasteiger partial charge >= 0.3 is 0 Å². The number of aliphatic hydroxyl groups excluding tert-OH is 3. The van der Waals surface area contributed by atoms with Crippen LogP contribution in [0.5, 0.6) is 23.0 Å². The van der Waals surface area contributed by atoms with Crippen LogP contribution in [0.2, 0.25) is 0 Å². The van der Waals surface area contributed by atoms with E-state index in [2.05, 4.69) is 0 Å². The van der Waals surface area contributed by atoms with E-state index in [1.807, 2.05) is 0 Å². The van der Waals surface area contributed by atoms with Gasteiger partial charge in [-0.05, 0) is 24.3 Å². The molecule has 1 fully saturated rings. The number of ether oxygens (including phenoxy) is 2. The molecule has 2 aromatic carbocycles. The van der Waals surface area contributed by atoms with E-state index in [1.165, 1.54) is 24.3 Å². The van der Waals surface area contributed by atoms with Gasteiger partial charge in [0.2, 0.25) is 12.0 Å². The van der Waals surface area contributed by atoms with Crippen LogP contribution in [0.4, 0.5) is 0 Å². The Labute approximate surface area is 168 Å². The number of hydrogen-bond donors (Lipinski definition) is 6. The predicted molar refractivity (Wildman–Crippen MR) is 101 cm³/mol. The van der Waals surface area contributed by atoms with Gasteiger partial charge in [-0.3, -0.25) is 4.79 Å². The third kappa shape index (κ3) is 3.42. The first-order chi connectivity index (χ1) is 14.3. The molecule has 1 unspecified atom stereocenters. The second kappa shape index (κ2) is 7.50. The zero-order valence-electron chi connectivity index (χ0n) is 15.3. The fourth-order valence-corrected chi connectivity index (χ4v) is 3.15. The molecule has 1 aliphatic heterocycles. The van der Waals surface area contributed by atoms with E-state index in [-0.39, 0.29) is 29.1 Å². The molecule has 0 radical (unpaired) electrons. The van der Waals surface area contributed by atoms with Crippen LogP contribution in [-0.4, -0.2) is 61.8 Å². The molecule has 4 rings (SSSR count). The summed E-state index contributed by atoms with van der Waals surface area (Å²) in [6, 6.07) is 8.05. The molecule has 0 amide bonds. The first-order valence-electron chi connectivity index (χ1n) is 8.91. The van der Waals surface area contributed by atoms with Crippen molar-refractivity contribution in [2.75, 3.05) is 6.61 Å². The Morgan fingerprint density at radius 3 is 2.37 bits per heavy atom. The van der Waals surface area contributed by atoms with Crippen LogP contribution in [-0.2, 0) is 4.74 Å². The van der Waals surface area contributed by atoms with Gasteiger partial charge in [0.1, 0.15) is 40.8 Å². The number of fused-ring (bicyclic) bond motifs is 1. The van der Waals surface area contributed by atoms with Crippen molar-refractivity contribution < 1.29 is 44.5 Å². The molecule has 0 saturated carbocycles. The van der Waals surface area contributed by atoms with Gasteiger partial charge in [-0.15, -0.1) is 0 Å². The first-order valence-corrected chi connectivity index (χ1v) is 8.91. The van der Waals surface area contributed by atoms with Crippen molar-refractivity contribution in [2.24, 2.45) is 0 Å².